The van der Waals surface area contributed by atoms with Gasteiger partial charge in [0.05, 0.1) is 12.2 Å². The van der Waals surface area contributed by atoms with Crippen LogP contribution in [0.15, 0.2) is 27.9 Å². The van der Waals surface area contributed by atoms with Gasteiger partial charge in [0.25, 0.3) is 5.56 Å². The summed E-state index contributed by atoms with van der Waals surface area (Å²) in [4.78, 5) is 37.7. The van der Waals surface area contributed by atoms with Gasteiger partial charge in [0.15, 0.2) is 6.23 Å². The van der Waals surface area contributed by atoms with E-state index in [-0.39, 0.29) is 25.0 Å². The summed E-state index contributed by atoms with van der Waals surface area (Å²) < 4.78 is 7.05. The molecule has 3 rings (SSSR count). The first kappa shape index (κ1) is 18.6. The lowest BCUT2D eigenvalue weighted by atomic mass is 9.95. The zero-order valence-corrected chi connectivity index (χ0v) is 14.8. The van der Waals surface area contributed by atoms with Crippen molar-refractivity contribution in [3.05, 3.63) is 44.8 Å². The number of hydrogen-bond acceptors (Lipinski definition) is 6. The SMILES string of the molecule is Cc1cn(C2C=CC(CNC(=O)CC3(C)CC(O)CN3)O2)c(=O)[nH]c1=O. The summed E-state index contributed by atoms with van der Waals surface area (Å²) in [7, 11) is 0. The number of β-amino-alcohol motifs (C(OH)–C–C–N with tert-alkyl or cyclic N) is 1. The Bertz CT molecular complexity index is 829. The summed E-state index contributed by atoms with van der Waals surface area (Å²) in [5, 5.41) is 15.6. The van der Waals surface area contributed by atoms with Gasteiger partial charge in [-0.25, -0.2) is 4.79 Å². The molecule has 9 nitrogen and oxygen atoms in total. The average molecular weight is 364 g/mol. The van der Waals surface area contributed by atoms with Crippen LogP contribution in [0.2, 0.25) is 0 Å². The van der Waals surface area contributed by atoms with Crippen molar-refractivity contribution in [3.63, 3.8) is 0 Å². The fourth-order valence-electron chi connectivity index (χ4n) is 3.33. The Kier molecular flexibility index (Phi) is 5.12. The van der Waals surface area contributed by atoms with E-state index in [4.69, 9.17) is 4.74 Å². The molecule has 0 aliphatic carbocycles. The Labute approximate surface area is 150 Å². The highest BCUT2D eigenvalue weighted by Crippen LogP contribution is 2.23. The van der Waals surface area contributed by atoms with E-state index in [1.165, 1.54) is 10.8 Å². The number of aliphatic hydroxyl groups is 1. The first-order chi connectivity index (χ1) is 12.3. The summed E-state index contributed by atoms with van der Waals surface area (Å²) >= 11 is 0. The second-order valence-electron chi connectivity index (χ2n) is 7.21. The van der Waals surface area contributed by atoms with Gasteiger partial charge in [0.1, 0.15) is 0 Å². The maximum atomic E-state index is 12.1. The second kappa shape index (κ2) is 7.18. The van der Waals surface area contributed by atoms with Gasteiger partial charge in [-0.3, -0.25) is 19.1 Å². The van der Waals surface area contributed by atoms with Gasteiger partial charge >= 0.3 is 5.69 Å². The molecule has 4 N–H and O–H groups in total. The van der Waals surface area contributed by atoms with Crippen LogP contribution in [0, 0.1) is 6.92 Å². The molecule has 4 unspecified atom stereocenters. The lowest BCUT2D eigenvalue weighted by Gasteiger charge is -2.24. The Morgan fingerprint density at radius 3 is 2.92 bits per heavy atom. The fourth-order valence-corrected chi connectivity index (χ4v) is 3.33. The Balaban J connectivity index is 1.52. The van der Waals surface area contributed by atoms with Gasteiger partial charge in [-0.05, 0) is 26.3 Å². The molecule has 0 spiro atoms. The first-order valence-electron chi connectivity index (χ1n) is 8.61. The zero-order chi connectivity index (χ0) is 18.9. The largest absolute Gasteiger partial charge is 0.392 e. The number of rotatable bonds is 5. The minimum Gasteiger partial charge on any atom is -0.392 e. The number of aromatic nitrogens is 2. The monoisotopic (exact) mass is 364 g/mol. The molecule has 1 amide bonds. The summed E-state index contributed by atoms with van der Waals surface area (Å²) in [5.74, 6) is -0.133. The van der Waals surface area contributed by atoms with Crippen molar-refractivity contribution in [2.45, 2.75) is 50.7 Å². The third-order valence-corrected chi connectivity index (χ3v) is 4.73. The molecule has 2 aliphatic rings. The van der Waals surface area contributed by atoms with Crippen molar-refractivity contribution in [3.8, 4) is 0 Å². The third kappa shape index (κ3) is 4.12. The number of H-pyrrole nitrogens is 1. The molecule has 3 heterocycles. The van der Waals surface area contributed by atoms with Crippen molar-refractivity contribution < 1.29 is 14.6 Å². The highest BCUT2D eigenvalue weighted by atomic mass is 16.5. The van der Waals surface area contributed by atoms with E-state index >= 15 is 0 Å². The number of aliphatic hydroxyl groups excluding tert-OH is 1. The van der Waals surface area contributed by atoms with Crippen molar-refractivity contribution in [1.82, 2.24) is 20.2 Å². The van der Waals surface area contributed by atoms with Gasteiger partial charge in [0, 0.05) is 36.8 Å². The molecule has 2 aliphatic heterocycles. The number of ether oxygens (including phenoxy) is 1. The minimum atomic E-state index is -0.621. The van der Waals surface area contributed by atoms with Crippen molar-refractivity contribution in [2.75, 3.05) is 13.1 Å². The average Bonchev–Trinajstić information content (AvgIpc) is 3.15. The van der Waals surface area contributed by atoms with Crippen molar-refractivity contribution in [1.29, 1.82) is 0 Å². The van der Waals surface area contributed by atoms with Crippen LogP contribution in [-0.2, 0) is 9.53 Å². The van der Waals surface area contributed by atoms with Crippen LogP contribution in [0.25, 0.3) is 0 Å². The number of hydrogen-bond donors (Lipinski definition) is 4. The molecule has 1 aromatic rings. The quantitative estimate of drug-likeness (QED) is 0.493. The van der Waals surface area contributed by atoms with Gasteiger partial charge < -0.3 is 20.5 Å². The van der Waals surface area contributed by atoms with Crippen molar-refractivity contribution in [2.24, 2.45) is 0 Å². The fraction of sp³-hybridized carbons (Fsp3) is 0.588. The van der Waals surface area contributed by atoms with Gasteiger partial charge in [0.2, 0.25) is 5.91 Å². The number of carbonyl (C=O) groups is 1. The molecule has 142 valence electrons. The maximum absolute atomic E-state index is 12.1. The van der Waals surface area contributed by atoms with Crippen LogP contribution in [0.3, 0.4) is 0 Å². The topological polar surface area (TPSA) is 125 Å². The predicted molar refractivity (Wildman–Crippen MR) is 93.8 cm³/mol. The normalized spacial score (nSPS) is 30.7. The number of amides is 1. The molecule has 0 aromatic carbocycles. The Morgan fingerprint density at radius 2 is 2.23 bits per heavy atom. The predicted octanol–water partition coefficient (Wildman–Crippen LogP) is -1.08. The summed E-state index contributed by atoms with van der Waals surface area (Å²) in [6.07, 6.45) is 4.34. The van der Waals surface area contributed by atoms with Gasteiger partial charge in [-0.1, -0.05) is 6.08 Å². The molecule has 0 radical (unpaired) electrons. The van der Waals surface area contributed by atoms with Crippen LogP contribution in [-0.4, -0.2) is 51.4 Å². The Morgan fingerprint density at radius 1 is 1.46 bits per heavy atom. The van der Waals surface area contributed by atoms with Crippen LogP contribution < -0.4 is 21.9 Å². The number of nitrogens with one attached hydrogen (secondary N) is 3. The Hall–Kier alpha value is -2.23. The van der Waals surface area contributed by atoms with E-state index < -0.39 is 29.1 Å². The van der Waals surface area contributed by atoms with Crippen molar-refractivity contribution >= 4 is 5.91 Å². The molecular weight excluding hydrogens is 340 g/mol. The molecule has 1 fully saturated rings. The van der Waals surface area contributed by atoms with Crippen LogP contribution in [0.4, 0.5) is 0 Å². The summed E-state index contributed by atoms with van der Waals surface area (Å²) in [6.45, 7) is 4.30. The maximum Gasteiger partial charge on any atom is 0.330 e. The van der Waals surface area contributed by atoms with E-state index in [2.05, 4.69) is 15.6 Å². The lowest BCUT2D eigenvalue weighted by Crippen LogP contribution is -2.43. The molecule has 1 saturated heterocycles. The molecular formula is C17H24N4O5. The second-order valence-corrected chi connectivity index (χ2v) is 7.21. The first-order valence-corrected chi connectivity index (χ1v) is 8.61. The van der Waals surface area contributed by atoms with E-state index in [9.17, 15) is 19.5 Å². The minimum absolute atomic E-state index is 0.133. The number of aryl methyl sites for hydroxylation is 1. The molecule has 4 atom stereocenters. The van der Waals surface area contributed by atoms with E-state index in [0.29, 0.717) is 18.5 Å². The highest BCUT2D eigenvalue weighted by molar-refractivity contribution is 5.77. The number of carbonyl (C=O) groups excluding carboxylic acids is 1. The van der Waals surface area contributed by atoms with E-state index in [1.54, 1.807) is 19.1 Å². The third-order valence-electron chi connectivity index (χ3n) is 4.73. The molecule has 26 heavy (non-hydrogen) atoms. The van der Waals surface area contributed by atoms with Gasteiger partial charge in [-0.2, -0.15) is 0 Å². The molecule has 9 heteroatoms. The van der Waals surface area contributed by atoms with Gasteiger partial charge in [-0.15, -0.1) is 0 Å². The summed E-state index contributed by atoms with van der Waals surface area (Å²) in [6, 6.07) is 0. The lowest BCUT2D eigenvalue weighted by molar-refractivity contribution is -0.123. The highest BCUT2D eigenvalue weighted by Gasteiger charge is 2.35. The van der Waals surface area contributed by atoms with E-state index in [0.717, 1.165) is 0 Å². The number of nitrogens with zero attached hydrogens (tertiary/aromatic N) is 1. The summed E-state index contributed by atoms with van der Waals surface area (Å²) in [5.41, 5.74) is -0.952. The smallest absolute Gasteiger partial charge is 0.330 e. The van der Waals surface area contributed by atoms with Crippen LogP contribution in [0.5, 0.6) is 0 Å². The molecule has 0 bridgehead atoms. The molecule has 1 aromatic heterocycles. The van der Waals surface area contributed by atoms with Crippen LogP contribution in [0.1, 0.15) is 31.6 Å². The van der Waals surface area contributed by atoms with E-state index in [1.807, 2.05) is 6.92 Å². The standard InChI is InChI=1S/C17H24N4O5/c1-10-9-21(16(25)20-15(10)24)14-4-3-12(26-14)8-18-13(23)6-17(2)5-11(22)7-19-17/h3-4,9,11-12,14,19,22H,5-8H2,1-2H3,(H,18,23)(H,20,24,25). The van der Waals surface area contributed by atoms with Crippen LogP contribution >= 0.6 is 0 Å². The molecule has 0 saturated carbocycles. The number of aromatic amines is 1. The zero-order valence-electron chi connectivity index (χ0n) is 14.8.